The van der Waals surface area contributed by atoms with Crippen molar-refractivity contribution in [3.05, 3.63) is 71.8 Å². The van der Waals surface area contributed by atoms with Crippen molar-refractivity contribution in [1.29, 1.82) is 0 Å². The van der Waals surface area contributed by atoms with Crippen molar-refractivity contribution < 1.29 is 4.79 Å². The highest BCUT2D eigenvalue weighted by Gasteiger charge is 2.30. The minimum absolute atomic E-state index is 0.0279. The zero-order valence-electron chi connectivity index (χ0n) is 18.0. The Hall–Kier alpha value is -3.61. The quantitative estimate of drug-likeness (QED) is 0.572. The summed E-state index contributed by atoms with van der Waals surface area (Å²) in [5.41, 5.74) is 9.54. The zero-order valence-corrected chi connectivity index (χ0v) is 18.0. The van der Waals surface area contributed by atoms with Crippen molar-refractivity contribution in [3.8, 4) is 0 Å². The fraction of sp³-hybridized carbons (Fsp3) is 0.320. The third-order valence-corrected chi connectivity index (χ3v) is 6.42. The van der Waals surface area contributed by atoms with E-state index in [1.807, 2.05) is 36.4 Å². The molecule has 1 amide bonds. The van der Waals surface area contributed by atoms with Crippen molar-refractivity contribution in [2.75, 3.05) is 29.0 Å². The van der Waals surface area contributed by atoms with Gasteiger partial charge < -0.3 is 21.3 Å². The van der Waals surface area contributed by atoms with Gasteiger partial charge in [-0.25, -0.2) is 0 Å². The van der Waals surface area contributed by atoms with E-state index in [2.05, 4.69) is 49.8 Å². The maximum Gasteiger partial charge on any atom is 0.223 e. The number of nitrogen functional groups attached to an aromatic ring is 1. The molecule has 4 N–H and O–H groups in total. The highest BCUT2D eigenvalue weighted by atomic mass is 16.2. The largest absolute Gasteiger partial charge is 0.368 e. The Labute approximate surface area is 188 Å². The van der Waals surface area contributed by atoms with Gasteiger partial charge in [0.15, 0.2) is 0 Å². The molecule has 3 aromatic rings. The summed E-state index contributed by atoms with van der Waals surface area (Å²) in [6.07, 6.45) is 3.62. The standard InChI is InChI=1S/C25H28N6O/c26-25-29-22(27-19-7-2-1-3-8-19)16-23(30-25)31-14-12-18(13-15-31)24(32)28-21-11-10-17-6-4-5-9-20(17)21/h1-9,16,18,21H,10-15H2,(H,28,32)(H3,26,27,29,30). The van der Waals surface area contributed by atoms with Crippen molar-refractivity contribution in [1.82, 2.24) is 15.3 Å². The van der Waals surface area contributed by atoms with Crippen LogP contribution in [0.2, 0.25) is 0 Å². The predicted molar refractivity (Wildman–Crippen MR) is 127 cm³/mol. The van der Waals surface area contributed by atoms with Crippen molar-refractivity contribution in [2.24, 2.45) is 5.92 Å². The topological polar surface area (TPSA) is 96.2 Å². The molecule has 7 nitrogen and oxygen atoms in total. The van der Waals surface area contributed by atoms with Crippen molar-refractivity contribution in [3.63, 3.8) is 0 Å². The van der Waals surface area contributed by atoms with Gasteiger partial charge in [-0.3, -0.25) is 4.79 Å². The maximum absolute atomic E-state index is 12.9. The van der Waals surface area contributed by atoms with Crippen LogP contribution in [0.1, 0.15) is 36.4 Å². The molecule has 0 bridgehead atoms. The SMILES string of the molecule is Nc1nc(Nc2ccccc2)cc(N2CCC(C(=O)NC3CCc4ccccc43)CC2)n1. The summed E-state index contributed by atoms with van der Waals surface area (Å²) in [4.78, 5) is 23.9. The molecule has 1 aliphatic carbocycles. The van der Waals surface area contributed by atoms with E-state index < -0.39 is 0 Å². The van der Waals surface area contributed by atoms with Crippen LogP contribution in [-0.2, 0) is 11.2 Å². The van der Waals surface area contributed by atoms with E-state index >= 15 is 0 Å². The Balaban J connectivity index is 1.20. The Bertz CT molecular complexity index is 1090. The van der Waals surface area contributed by atoms with Gasteiger partial charge in [0, 0.05) is 30.8 Å². The van der Waals surface area contributed by atoms with Crippen LogP contribution >= 0.6 is 0 Å². The van der Waals surface area contributed by atoms with E-state index in [-0.39, 0.29) is 23.8 Å². The number of para-hydroxylation sites is 1. The van der Waals surface area contributed by atoms with Crippen LogP contribution in [0.5, 0.6) is 0 Å². The van der Waals surface area contributed by atoms with E-state index in [0.717, 1.165) is 50.3 Å². The minimum Gasteiger partial charge on any atom is -0.368 e. The molecule has 32 heavy (non-hydrogen) atoms. The highest BCUT2D eigenvalue weighted by molar-refractivity contribution is 5.79. The number of hydrogen-bond donors (Lipinski definition) is 3. The summed E-state index contributed by atoms with van der Waals surface area (Å²) in [6, 6.07) is 20.3. The number of benzene rings is 2. The third-order valence-electron chi connectivity index (χ3n) is 6.42. The van der Waals surface area contributed by atoms with Gasteiger partial charge in [-0.1, -0.05) is 42.5 Å². The number of fused-ring (bicyclic) bond motifs is 1. The average Bonchev–Trinajstić information content (AvgIpc) is 3.22. The van der Waals surface area contributed by atoms with E-state index in [1.54, 1.807) is 0 Å². The molecule has 7 heteroatoms. The lowest BCUT2D eigenvalue weighted by Crippen LogP contribution is -2.41. The van der Waals surface area contributed by atoms with Crippen molar-refractivity contribution >= 4 is 29.2 Å². The van der Waals surface area contributed by atoms with Crippen LogP contribution in [0.15, 0.2) is 60.7 Å². The van der Waals surface area contributed by atoms with Gasteiger partial charge in [-0.15, -0.1) is 0 Å². The predicted octanol–water partition coefficient (Wildman–Crippen LogP) is 3.82. The first-order valence-electron chi connectivity index (χ1n) is 11.3. The van der Waals surface area contributed by atoms with E-state index in [1.165, 1.54) is 11.1 Å². The summed E-state index contributed by atoms with van der Waals surface area (Å²) in [5, 5.41) is 6.57. The molecule has 5 rings (SSSR count). The monoisotopic (exact) mass is 428 g/mol. The minimum atomic E-state index is 0.0279. The Morgan fingerprint density at radius 3 is 2.53 bits per heavy atom. The smallest absolute Gasteiger partial charge is 0.223 e. The van der Waals surface area contributed by atoms with E-state index in [9.17, 15) is 4.79 Å². The normalized spacial score (nSPS) is 18.2. The number of aromatic nitrogens is 2. The number of hydrogen-bond acceptors (Lipinski definition) is 6. The van der Waals surface area contributed by atoms with E-state index in [4.69, 9.17) is 5.73 Å². The molecule has 0 saturated carbocycles. The molecule has 1 unspecified atom stereocenters. The molecule has 1 aliphatic heterocycles. The molecule has 1 atom stereocenters. The second kappa shape index (κ2) is 8.86. The lowest BCUT2D eigenvalue weighted by molar-refractivity contribution is -0.126. The van der Waals surface area contributed by atoms with Crippen molar-refractivity contribution in [2.45, 2.75) is 31.7 Å². The number of rotatable bonds is 5. The molecule has 1 fully saturated rings. The molecule has 1 saturated heterocycles. The number of nitrogens with zero attached hydrogens (tertiary/aromatic N) is 3. The second-order valence-corrected chi connectivity index (χ2v) is 8.52. The van der Waals surface area contributed by atoms with Gasteiger partial charge >= 0.3 is 0 Å². The molecule has 2 heterocycles. The number of piperidine rings is 1. The Morgan fingerprint density at radius 1 is 0.969 bits per heavy atom. The summed E-state index contributed by atoms with van der Waals surface area (Å²) in [6.45, 7) is 1.53. The summed E-state index contributed by atoms with van der Waals surface area (Å²) >= 11 is 0. The number of aryl methyl sites for hydroxylation is 1. The number of nitrogens with two attached hydrogens (primary N) is 1. The molecule has 2 aromatic carbocycles. The van der Waals surface area contributed by atoms with Crippen LogP contribution < -0.4 is 21.3 Å². The molecule has 2 aliphatic rings. The van der Waals surface area contributed by atoms with Crippen LogP contribution in [-0.4, -0.2) is 29.0 Å². The van der Waals surface area contributed by atoms with E-state index in [0.29, 0.717) is 5.82 Å². The van der Waals surface area contributed by atoms with Gasteiger partial charge in [-0.05, 0) is 48.9 Å². The van der Waals surface area contributed by atoms with Crippen LogP contribution in [0.25, 0.3) is 0 Å². The van der Waals surface area contributed by atoms with Gasteiger partial charge in [0.05, 0.1) is 6.04 Å². The number of carbonyl (C=O) groups excluding carboxylic acids is 1. The second-order valence-electron chi connectivity index (χ2n) is 8.52. The van der Waals surface area contributed by atoms with Crippen LogP contribution in [0.3, 0.4) is 0 Å². The lowest BCUT2D eigenvalue weighted by atomic mass is 9.95. The number of amides is 1. The lowest BCUT2D eigenvalue weighted by Gasteiger charge is -2.33. The van der Waals surface area contributed by atoms with Gasteiger partial charge in [-0.2, -0.15) is 9.97 Å². The Kier molecular flexibility index (Phi) is 5.62. The molecule has 0 radical (unpaired) electrons. The highest BCUT2D eigenvalue weighted by Crippen LogP contribution is 2.32. The molecular formula is C25H28N6O. The fourth-order valence-electron chi connectivity index (χ4n) is 4.72. The van der Waals surface area contributed by atoms with Crippen LogP contribution in [0, 0.1) is 5.92 Å². The summed E-state index contributed by atoms with van der Waals surface area (Å²) in [5.74, 6) is 1.89. The maximum atomic E-state index is 12.9. The summed E-state index contributed by atoms with van der Waals surface area (Å²) < 4.78 is 0. The first-order valence-corrected chi connectivity index (χ1v) is 11.3. The van der Waals surface area contributed by atoms with Gasteiger partial charge in [0.2, 0.25) is 11.9 Å². The zero-order chi connectivity index (χ0) is 21.9. The van der Waals surface area contributed by atoms with Gasteiger partial charge in [0.1, 0.15) is 11.6 Å². The number of nitrogens with one attached hydrogen (secondary N) is 2. The van der Waals surface area contributed by atoms with Gasteiger partial charge in [0.25, 0.3) is 0 Å². The Morgan fingerprint density at radius 2 is 1.72 bits per heavy atom. The first kappa shape index (κ1) is 20.3. The number of anilines is 4. The molecule has 1 aromatic heterocycles. The molecular weight excluding hydrogens is 400 g/mol. The molecule has 164 valence electrons. The average molecular weight is 429 g/mol. The number of carbonyl (C=O) groups is 1. The molecule has 0 spiro atoms. The fourth-order valence-corrected chi connectivity index (χ4v) is 4.72. The third kappa shape index (κ3) is 4.37. The summed E-state index contributed by atoms with van der Waals surface area (Å²) in [7, 11) is 0. The van der Waals surface area contributed by atoms with Crippen LogP contribution in [0.4, 0.5) is 23.3 Å². The first-order chi connectivity index (χ1) is 15.7.